The van der Waals surface area contributed by atoms with Crippen molar-refractivity contribution in [1.29, 1.82) is 0 Å². The number of fused-ring (bicyclic) bond motifs is 6. The maximum atomic E-state index is 2.52. The molecule has 0 fully saturated rings. The van der Waals surface area contributed by atoms with Crippen molar-refractivity contribution in [3.8, 4) is 27.9 Å². The number of rotatable bonds is 5. The lowest BCUT2D eigenvalue weighted by Gasteiger charge is -2.34. The molecule has 5 aromatic carbocycles. The minimum atomic E-state index is -0.138. The molecule has 0 bridgehead atoms. The minimum absolute atomic E-state index is 0.138. The Morgan fingerprint density at radius 3 is 2.21 bits per heavy atom. The zero-order valence-corrected chi connectivity index (χ0v) is 27.0. The average molecular weight is 607 g/mol. The normalized spacial score (nSPS) is 17.0. The average Bonchev–Trinajstić information content (AvgIpc) is 3.58. The summed E-state index contributed by atoms with van der Waals surface area (Å²) in [5.41, 5.74) is 15.6. The zero-order chi connectivity index (χ0) is 31.5. The van der Waals surface area contributed by atoms with E-state index in [1.165, 1.54) is 72.6 Å². The lowest BCUT2D eigenvalue weighted by Crippen LogP contribution is -2.30. The highest BCUT2D eigenvalue weighted by molar-refractivity contribution is 5.91. The molecule has 3 aliphatic carbocycles. The summed E-state index contributed by atoms with van der Waals surface area (Å²) >= 11 is 0. The third-order valence-electron chi connectivity index (χ3n) is 10.6. The van der Waals surface area contributed by atoms with E-state index in [-0.39, 0.29) is 11.5 Å². The molecule has 2 nitrogen and oxygen atoms in total. The first-order chi connectivity index (χ1) is 23.1. The van der Waals surface area contributed by atoms with Crippen molar-refractivity contribution < 1.29 is 0 Å². The fraction of sp³-hybridized carbons (Fsp3) is 0.156. The van der Waals surface area contributed by atoms with Gasteiger partial charge >= 0.3 is 0 Å². The Balaban J connectivity index is 1.13. The second kappa shape index (κ2) is 10.9. The van der Waals surface area contributed by atoms with Crippen LogP contribution < -0.4 is 4.90 Å². The molecule has 0 aliphatic heterocycles. The highest BCUT2D eigenvalue weighted by Gasteiger charge is 2.37. The standard InChI is InChI=1S/C45H38N2/c1-45(2)41-29-35(46(33-15-7-4-8-16-33)34-23-21-32(22-24-34)31-13-5-3-6-14-31)25-27-37(41)38-28-26-36(30-42(38)45)47-43-19-11-9-17-39(43)40-18-10-12-20-44(40)47/h3-9,11-15,17,19-30,33H,10,16,18H2,1-2H3. The summed E-state index contributed by atoms with van der Waals surface area (Å²) in [6, 6.07) is 43.2. The zero-order valence-electron chi connectivity index (χ0n) is 27.0. The Morgan fingerprint density at radius 2 is 1.40 bits per heavy atom. The summed E-state index contributed by atoms with van der Waals surface area (Å²) in [5, 5.41) is 1.38. The summed E-state index contributed by atoms with van der Waals surface area (Å²) < 4.78 is 2.48. The van der Waals surface area contributed by atoms with Crippen LogP contribution in [0.4, 0.5) is 11.4 Å². The van der Waals surface area contributed by atoms with Crippen molar-refractivity contribution in [3.63, 3.8) is 0 Å². The quantitative estimate of drug-likeness (QED) is 0.190. The fourth-order valence-corrected chi connectivity index (χ4v) is 8.20. The van der Waals surface area contributed by atoms with Gasteiger partial charge in [0.25, 0.3) is 0 Å². The summed E-state index contributed by atoms with van der Waals surface area (Å²) in [5.74, 6) is 0. The first-order valence-electron chi connectivity index (χ1n) is 16.9. The van der Waals surface area contributed by atoms with E-state index in [2.05, 4.69) is 175 Å². The van der Waals surface area contributed by atoms with E-state index in [9.17, 15) is 0 Å². The number of benzene rings is 5. The van der Waals surface area contributed by atoms with E-state index in [1.807, 2.05) is 0 Å². The van der Waals surface area contributed by atoms with Crippen LogP contribution in [0.3, 0.4) is 0 Å². The van der Waals surface area contributed by atoms with Crippen LogP contribution in [0, 0.1) is 0 Å². The van der Waals surface area contributed by atoms with Crippen LogP contribution >= 0.6 is 0 Å². The largest absolute Gasteiger partial charge is 0.334 e. The van der Waals surface area contributed by atoms with Crippen LogP contribution in [-0.4, -0.2) is 10.6 Å². The Bertz CT molecular complexity index is 2240. The van der Waals surface area contributed by atoms with Gasteiger partial charge in [0.05, 0.1) is 11.6 Å². The van der Waals surface area contributed by atoms with Crippen LogP contribution in [0.25, 0.3) is 44.9 Å². The van der Waals surface area contributed by atoms with Gasteiger partial charge < -0.3 is 9.47 Å². The molecule has 1 atom stereocenters. The SMILES string of the molecule is CC1(C)c2cc(N(c3ccc(-c4ccccc4)cc3)C3C=CC=CC3)ccc2-c2ccc(-n3c4c(c5ccccc53)CCC=C4)cc21. The number of anilines is 2. The number of nitrogens with zero attached hydrogens (tertiary/aromatic N) is 2. The second-order valence-electron chi connectivity index (χ2n) is 13.6. The molecular formula is C45H38N2. The highest BCUT2D eigenvalue weighted by atomic mass is 15.2. The van der Waals surface area contributed by atoms with Crippen molar-refractivity contribution in [3.05, 3.63) is 168 Å². The van der Waals surface area contributed by atoms with Crippen LogP contribution in [0.1, 0.15) is 49.1 Å². The van der Waals surface area contributed by atoms with Crippen molar-refractivity contribution >= 4 is 28.4 Å². The molecule has 0 saturated heterocycles. The molecule has 0 saturated carbocycles. The van der Waals surface area contributed by atoms with Gasteiger partial charge in [-0.3, -0.25) is 0 Å². The molecule has 0 amide bonds. The molecule has 228 valence electrons. The van der Waals surface area contributed by atoms with Crippen LogP contribution in [-0.2, 0) is 11.8 Å². The Labute approximate surface area is 277 Å². The van der Waals surface area contributed by atoms with Gasteiger partial charge in [-0.2, -0.15) is 0 Å². The maximum absolute atomic E-state index is 2.52. The van der Waals surface area contributed by atoms with E-state index in [0.717, 1.165) is 19.3 Å². The lowest BCUT2D eigenvalue weighted by molar-refractivity contribution is 0.659. The Morgan fingerprint density at radius 1 is 0.681 bits per heavy atom. The first kappa shape index (κ1) is 27.9. The number of para-hydroxylation sites is 1. The molecule has 0 spiro atoms. The predicted molar refractivity (Wildman–Crippen MR) is 199 cm³/mol. The number of hydrogen-bond donors (Lipinski definition) is 0. The molecule has 9 rings (SSSR count). The van der Waals surface area contributed by atoms with Gasteiger partial charge in [0.1, 0.15) is 0 Å². The van der Waals surface area contributed by atoms with Crippen LogP contribution in [0.15, 0.2) is 146 Å². The molecule has 1 heterocycles. The Hall–Kier alpha value is -5.34. The highest BCUT2D eigenvalue weighted by Crippen LogP contribution is 2.51. The molecule has 1 unspecified atom stereocenters. The van der Waals surface area contributed by atoms with Crippen molar-refractivity contribution in [1.82, 2.24) is 4.57 Å². The summed E-state index contributed by atoms with van der Waals surface area (Å²) in [4.78, 5) is 2.52. The second-order valence-corrected chi connectivity index (χ2v) is 13.6. The smallest absolute Gasteiger partial charge is 0.0559 e. The van der Waals surface area contributed by atoms with Gasteiger partial charge in [0.15, 0.2) is 0 Å². The molecular weight excluding hydrogens is 569 g/mol. The number of allylic oxidation sites excluding steroid dienone is 3. The van der Waals surface area contributed by atoms with Gasteiger partial charge in [-0.1, -0.05) is 117 Å². The molecule has 2 heteroatoms. The van der Waals surface area contributed by atoms with Crippen molar-refractivity contribution in [2.24, 2.45) is 0 Å². The Kier molecular flexibility index (Phi) is 6.47. The minimum Gasteiger partial charge on any atom is -0.334 e. The number of aromatic nitrogens is 1. The van der Waals surface area contributed by atoms with Gasteiger partial charge in [0, 0.05) is 33.6 Å². The first-order valence-corrected chi connectivity index (χ1v) is 16.9. The number of hydrogen-bond acceptors (Lipinski definition) is 1. The van der Waals surface area contributed by atoms with E-state index in [0.29, 0.717) is 0 Å². The van der Waals surface area contributed by atoms with Crippen LogP contribution in [0.5, 0.6) is 0 Å². The van der Waals surface area contributed by atoms with Gasteiger partial charge in [0.2, 0.25) is 0 Å². The predicted octanol–water partition coefficient (Wildman–Crippen LogP) is 11.6. The third kappa shape index (κ3) is 4.47. The van der Waals surface area contributed by atoms with E-state index >= 15 is 0 Å². The van der Waals surface area contributed by atoms with E-state index in [1.54, 1.807) is 0 Å². The lowest BCUT2D eigenvalue weighted by atomic mass is 9.82. The van der Waals surface area contributed by atoms with E-state index in [4.69, 9.17) is 0 Å². The van der Waals surface area contributed by atoms with Gasteiger partial charge in [-0.05, 0) is 107 Å². The summed E-state index contributed by atoms with van der Waals surface area (Å²) in [6.45, 7) is 4.80. The maximum Gasteiger partial charge on any atom is 0.0559 e. The van der Waals surface area contributed by atoms with Crippen molar-refractivity contribution in [2.45, 2.75) is 44.6 Å². The third-order valence-corrected chi connectivity index (χ3v) is 10.6. The summed E-state index contributed by atoms with van der Waals surface area (Å²) in [6.07, 6.45) is 16.8. The number of aryl methyl sites for hydroxylation is 1. The fourth-order valence-electron chi connectivity index (χ4n) is 8.20. The van der Waals surface area contributed by atoms with E-state index < -0.39 is 0 Å². The molecule has 3 aliphatic rings. The topological polar surface area (TPSA) is 8.17 Å². The monoisotopic (exact) mass is 606 g/mol. The molecule has 6 aromatic rings. The van der Waals surface area contributed by atoms with Crippen molar-refractivity contribution in [2.75, 3.05) is 4.90 Å². The molecule has 0 radical (unpaired) electrons. The molecule has 1 aromatic heterocycles. The van der Waals surface area contributed by atoms with Gasteiger partial charge in [-0.15, -0.1) is 0 Å². The van der Waals surface area contributed by atoms with Crippen LogP contribution in [0.2, 0.25) is 0 Å². The summed E-state index contributed by atoms with van der Waals surface area (Å²) in [7, 11) is 0. The molecule has 0 N–H and O–H groups in total. The molecule has 47 heavy (non-hydrogen) atoms. The van der Waals surface area contributed by atoms with Gasteiger partial charge in [-0.25, -0.2) is 0 Å².